The first-order chi connectivity index (χ1) is 30.0. The van der Waals surface area contributed by atoms with E-state index < -0.39 is 29.9 Å². The number of para-hydroxylation sites is 2. The van der Waals surface area contributed by atoms with Gasteiger partial charge in [0, 0.05) is 35.7 Å². The molecule has 6 aromatic carbocycles. The van der Waals surface area contributed by atoms with E-state index in [0.717, 1.165) is 55.7 Å². The van der Waals surface area contributed by atoms with Crippen LogP contribution in [0.25, 0.3) is 72.7 Å². The maximum absolute atomic E-state index is 11.3. The van der Waals surface area contributed by atoms with E-state index >= 15 is 0 Å². The zero-order valence-electron chi connectivity index (χ0n) is 41.0. The second-order valence-electron chi connectivity index (χ2n) is 16.1. The van der Waals surface area contributed by atoms with E-state index in [1.807, 2.05) is 82.3 Å². The van der Waals surface area contributed by atoms with Crippen molar-refractivity contribution in [2.75, 3.05) is 0 Å². The van der Waals surface area contributed by atoms with Gasteiger partial charge in [-0.2, -0.15) is 0 Å². The van der Waals surface area contributed by atoms with Crippen molar-refractivity contribution in [3.05, 3.63) is 168 Å². The molecule has 0 atom stereocenters. The largest absolute Gasteiger partial charge is 0.507 e. The Kier molecular flexibility index (Phi) is 9.13. The Balaban J connectivity index is 0.00000630. The van der Waals surface area contributed by atoms with Gasteiger partial charge in [0.1, 0.15) is 11.6 Å². The van der Waals surface area contributed by atoms with E-state index in [0.29, 0.717) is 33.7 Å². The summed E-state index contributed by atoms with van der Waals surface area (Å²) in [7, 11) is 0. The van der Waals surface area contributed by atoms with Crippen LogP contribution in [0.2, 0.25) is 0 Å². The van der Waals surface area contributed by atoms with Gasteiger partial charge in [0.25, 0.3) is 0 Å². The topological polar surface area (TPSA) is 50.9 Å². The minimum absolute atomic E-state index is 0. The quantitative estimate of drug-likeness (QED) is 0.154. The van der Waals surface area contributed by atoms with Gasteiger partial charge in [0.05, 0.1) is 29.1 Å². The van der Waals surface area contributed by atoms with Gasteiger partial charge in [0.15, 0.2) is 0 Å². The number of hydrogen-bond acceptors (Lipinski definition) is 3. The molecule has 2 heterocycles. The second kappa shape index (κ2) is 16.4. The van der Waals surface area contributed by atoms with Crippen LogP contribution in [0.15, 0.2) is 140 Å². The number of fused-ring (bicyclic) bond motifs is 1. The third kappa shape index (κ3) is 7.96. The van der Waals surface area contributed by atoms with Crippen LogP contribution in [-0.2, 0) is 26.5 Å². The van der Waals surface area contributed by atoms with Crippen LogP contribution in [-0.4, -0.2) is 19.6 Å². The van der Waals surface area contributed by atoms with E-state index in [1.54, 1.807) is 30.5 Å². The number of pyridine rings is 1. The van der Waals surface area contributed by atoms with Gasteiger partial charge in [-0.25, -0.2) is 4.98 Å². The van der Waals surface area contributed by atoms with E-state index in [9.17, 15) is 5.11 Å². The summed E-state index contributed by atoms with van der Waals surface area (Å²) in [6.45, 7) is 15.9. The smallest absolute Gasteiger partial charge is 0.148 e. The summed E-state index contributed by atoms with van der Waals surface area (Å²) in [4.78, 5) is 10.0. The van der Waals surface area contributed by atoms with Crippen molar-refractivity contribution < 1.29 is 35.8 Å². The molecule has 1 N–H and O–H groups in total. The SMILES string of the molecule is [2H]c1c([2H])c([2H])c(-c2ccnc(-c3[c-]c(-c4cccc5c4nc(-c4ccccc4O)n5-c4ccc(-c5cc(C([2H])(C)C)cc(C([2H])(C)C)c5)cc4C)cc(C(C)(C)C)c3)c2)c([2H])c1[2H].[Pt]. The van der Waals surface area contributed by atoms with Crippen LogP contribution in [0.5, 0.6) is 5.75 Å². The Morgan fingerprint density at radius 2 is 1.38 bits per heavy atom. The average Bonchev–Trinajstić information content (AvgIpc) is 3.63. The third-order valence-electron chi connectivity index (χ3n) is 10.5. The number of benzene rings is 6. The first-order valence-corrected chi connectivity index (χ1v) is 19.2. The molecule has 0 saturated heterocycles. The predicted molar refractivity (Wildman–Crippen MR) is 238 cm³/mol. The summed E-state index contributed by atoms with van der Waals surface area (Å²) in [5, 5.41) is 11.3. The first-order valence-electron chi connectivity index (χ1n) is 22.7. The second-order valence-corrected chi connectivity index (χ2v) is 16.1. The van der Waals surface area contributed by atoms with Crippen molar-refractivity contribution in [2.45, 2.75) is 72.6 Å². The zero-order valence-corrected chi connectivity index (χ0v) is 36.3. The Hall–Kier alpha value is -5.57. The first kappa shape index (κ1) is 32.4. The van der Waals surface area contributed by atoms with E-state index in [1.165, 1.54) is 0 Å². The molecule has 8 rings (SSSR count). The van der Waals surface area contributed by atoms with Crippen molar-refractivity contribution >= 4 is 11.0 Å². The Morgan fingerprint density at radius 3 is 2.05 bits per heavy atom. The normalized spacial score (nSPS) is 13.8. The maximum atomic E-state index is 11.3. The summed E-state index contributed by atoms with van der Waals surface area (Å²) in [5.74, 6) is -1.08. The van der Waals surface area contributed by atoms with Crippen LogP contribution in [0.1, 0.15) is 92.1 Å². The minimum Gasteiger partial charge on any atom is -0.507 e. The zero-order chi connectivity index (χ0) is 46.2. The van der Waals surface area contributed by atoms with Gasteiger partial charge >= 0.3 is 0 Å². The van der Waals surface area contributed by atoms with Crippen molar-refractivity contribution in [3.8, 4) is 67.5 Å². The molecule has 0 aliphatic heterocycles. The summed E-state index contributed by atoms with van der Waals surface area (Å²) >= 11 is 0. The summed E-state index contributed by atoms with van der Waals surface area (Å²) < 4.78 is 61.6. The van der Waals surface area contributed by atoms with Gasteiger partial charge < -0.3 is 5.11 Å². The van der Waals surface area contributed by atoms with Gasteiger partial charge in [-0.3, -0.25) is 9.55 Å². The van der Waals surface area contributed by atoms with E-state index in [4.69, 9.17) is 19.6 Å². The molecule has 8 aromatic rings. The molecule has 0 amide bonds. The number of aryl methyl sites for hydroxylation is 1. The number of rotatable bonds is 8. The van der Waals surface area contributed by atoms with E-state index in [-0.39, 0.29) is 49.9 Å². The fraction of sp³-hybridized carbons (Fsp3) is 0.208. The molecule has 294 valence electrons. The number of phenolic OH excluding ortho intramolecular Hbond substituents is 1. The molecule has 5 heteroatoms. The number of hydrogen-bond donors (Lipinski definition) is 1. The van der Waals surface area contributed by atoms with E-state index in [2.05, 4.69) is 62.6 Å². The average molecular weight is 947 g/mol. The Morgan fingerprint density at radius 1 is 0.707 bits per heavy atom. The van der Waals surface area contributed by atoms with Gasteiger partial charge in [0.2, 0.25) is 0 Å². The van der Waals surface area contributed by atoms with Crippen LogP contribution < -0.4 is 0 Å². The van der Waals surface area contributed by atoms with Crippen LogP contribution in [0.4, 0.5) is 0 Å². The molecule has 0 aliphatic carbocycles. The molecule has 0 unspecified atom stereocenters. The summed E-state index contributed by atoms with van der Waals surface area (Å²) in [5.41, 5.74) is 11.4. The fourth-order valence-electron chi connectivity index (χ4n) is 7.28. The molecule has 2 aromatic heterocycles. The monoisotopic (exact) mass is 946 g/mol. The van der Waals surface area contributed by atoms with Gasteiger partial charge in [-0.15, -0.1) is 29.3 Å². The van der Waals surface area contributed by atoms with Crippen LogP contribution in [0, 0.1) is 13.0 Å². The Bertz CT molecular complexity index is 3100. The number of aromatic nitrogens is 3. The Labute approximate surface area is 367 Å². The standard InChI is InChI=1S/C53H50N3O.Pt/c1-33(2)39-26-40(34(3)4)28-41(27-39)37-21-22-48(35(5)25-37)56-49-19-14-18-45(51(49)55-52(56)46-17-12-13-20-50(46)57)42-29-43(31-44(30-42)53(6,7)8)47-32-38(23-24-54-47)36-15-10-9-11-16-36;/h9-28,30-34,57H,1-8H3;/q-1;/i9D,10D,11D,15D,16D,33D,34D;. The predicted octanol–water partition coefficient (Wildman–Crippen LogP) is 14.1. The molecule has 0 radical (unpaired) electrons. The summed E-state index contributed by atoms with van der Waals surface area (Å²) in [6, 6.07) is 34.8. The molecule has 0 aliphatic rings. The molecule has 58 heavy (non-hydrogen) atoms. The third-order valence-corrected chi connectivity index (χ3v) is 10.5. The molecule has 0 saturated carbocycles. The molecular formula is C53H50N3OPt-. The number of phenols is 1. The number of nitrogens with zero attached hydrogens (tertiary/aromatic N) is 3. The van der Waals surface area contributed by atoms with Gasteiger partial charge in [-0.05, 0) is 99.5 Å². The summed E-state index contributed by atoms with van der Waals surface area (Å²) in [6.07, 6.45) is 1.58. The van der Waals surface area contributed by atoms with Crippen molar-refractivity contribution in [2.24, 2.45) is 0 Å². The van der Waals surface area contributed by atoms with Crippen molar-refractivity contribution in [3.63, 3.8) is 0 Å². The number of aromatic hydroxyl groups is 1. The van der Waals surface area contributed by atoms with Crippen molar-refractivity contribution in [1.29, 1.82) is 0 Å². The molecule has 0 fully saturated rings. The van der Waals surface area contributed by atoms with Gasteiger partial charge in [-0.1, -0.05) is 144 Å². The molecular weight excluding hydrogens is 890 g/mol. The van der Waals surface area contributed by atoms with Crippen LogP contribution >= 0.6 is 0 Å². The van der Waals surface area contributed by atoms with Crippen molar-refractivity contribution in [1.82, 2.24) is 14.5 Å². The fourth-order valence-corrected chi connectivity index (χ4v) is 7.28. The maximum Gasteiger partial charge on any atom is 0.148 e. The molecule has 0 bridgehead atoms. The van der Waals surface area contributed by atoms with Crippen LogP contribution in [0.3, 0.4) is 0 Å². The minimum atomic E-state index is -0.857. The number of imidazole rings is 1. The molecule has 4 nitrogen and oxygen atoms in total. The molecule has 0 spiro atoms.